The van der Waals surface area contributed by atoms with Crippen molar-refractivity contribution in [2.75, 3.05) is 13.7 Å². The number of methoxy groups -OCH3 is 1. The average Bonchev–Trinajstić information content (AvgIpc) is 3.03. The van der Waals surface area contributed by atoms with E-state index in [0.29, 0.717) is 0 Å². The van der Waals surface area contributed by atoms with Crippen LogP contribution in [0.3, 0.4) is 0 Å². The molecule has 11 atom stereocenters. The maximum atomic E-state index is 12.4. The van der Waals surface area contributed by atoms with E-state index in [1.807, 2.05) is 60.7 Å². The summed E-state index contributed by atoms with van der Waals surface area (Å²) in [5, 5.41) is 0. The summed E-state index contributed by atoms with van der Waals surface area (Å²) in [4.78, 5) is 36.6. The number of ether oxygens (including phenoxy) is 10. The summed E-state index contributed by atoms with van der Waals surface area (Å²) in [6, 6.07) is 18.9. The van der Waals surface area contributed by atoms with Gasteiger partial charge in [-0.15, -0.1) is 0 Å². The van der Waals surface area contributed by atoms with Crippen LogP contribution in [0.1, 0.15) is 45.1 Å². The zero-order valence-electron chi connectivity index (χ0n) is 26.3. The van der Waals surface area contributed by atoms with Crippen molar-refractivity contribution < 1.29 is 61.8 Å². The number of carbonyl (C=O) groups excluding carboxylic acids is 3. The molecule has 3 fully saturated rings. The Bertz CT molecular complexity index is 1300. The second-order valence-corrected chi connectivity index (χ2v) is 11.2. The van der Waals surface area contributed by atoms with Crippen LogP contribution in [-0.4, -0.2) is 93.0 Å². The van der Waals surface area contributed by atoms with Crippen LogP contribution in [0.15, 0.2) is 60.7 Å². The minimum atomic E-state index is -1.33. The molecule has 0 N–H and O–H groups in total. The van der Waals surface area contributed by atoms with E-state index < -0.39 is 85.6 Å². The maximum Gasteiger partial charge on any atom is 0.303 e. The highest BCUT2D eigenvalue weighted by Gasteiger charge is 2.56. The third-order valence-corrected chi connectivity index (χ3v) is 7.80. The summed E-state index contributed by atoms with van der Waals surface area (Å²) in [5.74, 6) is -2.01. The molecule has 13 heteroatoms. The van der Waals surface area contributed by atoms with Gasteiger partial charge in [-0.1, -0.05) is 60.7 Å². The Morgan fingerprint density at radius 1 is 0.717 bits per heavy atom. The summed E-state index contributed by atoms with van der Waals surface area (Å²) in [7, 11) is 1.49. The third-order valence-electron chi connectivity index (χ3n) is 7.80. The minimum Gasteiger partial charge on any atom is -0.456 e. The monoisotopic (exact) mass is 644 g/mol. The molecular weight excluding hydrogens is 604 g/mol. The predicted molar refractivity (Wildman–Crippen MR) is 157 cm³/mol. The normalized spacial score (nSPS) is 34.2. The lowest BCUT2D eigenvalue weighted by atomic mass is 9.95. The molecule has 2 aromatic rings. The molecule has 3 aliphatic rings. The van der Waals surface area contributed by atoms with Gasteiger partial charge in [0.1, 0.15) is 24.4 Å². The smallest absolute Gasteiger partial charge is 0.303 e. The zero-order chi connectivity index (χ0) is 32.8. The highest BCUT2D eigenvalue weighted by molar-refractivity contribution is 5.68. The molecule has 46 heavy (non-hydrogen) atoms. The van der Waals surface area contributed by atoms with Gasteiger partial charge in [0.15, 0.2) is 37.2 Å². The molecule has 3 saturated heterocycles. The summed E-state index contributed by atoms with van der Waals surface area (Å²) in [6.45, 7) is 5.58. The second kappa shape index (κ2) is 15.4. The van der Waals surface area contributed by atoms with Crippen LogP contribution in [0.5, 0.6) is 0 Å². The van der Waals surface area contributed by atoms with Crippen LogP contribution in [-0.2, 0) is 68.4 Å². The molecule has 1 unspecified atom stereocenters. The molecule has 0 amide bonds. The fraction of sp³-hybridized carbons (Fsp3) is 0.545. The van der Waals surface area contributed by atoms with Gasteiger partial charge in [-0.25, -0.2) is 0 Å². The fourth-order valence-electron chi connectivity index (χ4n) is 5.85. The number of carbonyl (C=O) groups is 3. The Kier molecular flexibility index (Phi) is 11.4. The number of rotatable bonds is 10. The zero-order valence-corrected chi connectivity index (χ0v) is 26.3. The first kappa shape index (κ1) is 33.9. The number of esters is 3. The van der Waals surface area contributed by atoms with Crippen LogP contribution in [0, 0.1) is 0 Å². The SMILES string of the molecule is CO[C@H]1O[C@@H]2COC(c3ccccc3)O[C@H]2[C@H](O[C@@H]2O[C@@H](C)[C@H](OC(C)=O)[C@@H](OC(C)=O)[C@H]2OC(C)=O)[C@H]1OCc1ccccc1. The highest BCUT2D eigenvalue weighted by atomic mass is 16.8. The Hall–Kier alpha value is -3.43. The van der Waals surface area contributed by atoms with Gasteiger partial charge in [0.05, 0.1) is 19.3 Å². The summed E-state index contributed by atoms with van der Waals surface area (Å²) in [6.07, 6.45) is -10.7. The van der Waals surface area contributed by atoms with E-state index >= 15 is 0 Å². The van der Waals surface area contributed by atoms with Crippen molar-refractivity contribution in [2.45, 2.75) is 102 Å². The summed E-state index contributed by atoms with van der Waals surface area (Å²) < 4.78 is 60.5. The molecular formula is C33H40O13. The van der Waals surface area contributed by atoms with Gasteiger partial charge >= 0.3 is 17.9 Å². The largest absolute Gasteiger partial charge is 0.456 e. The van der Waals surface area contributed by atoms with Crippen molar-refractivity contribution in [3.05, 3.63) is 71.8 Å². The molecule has 0 spiro atoms. The molecule has 0 radical (unpaired) electrons. The first-order valence-corrected chi connectivity index (χ1v) is 15.1. The number of hydrogen-bond donors (Lipinski definition) is 0. The standard InChI is InChI=1S/C33H40O13/c1-18-25(41-19(2)34)27(42-20(3)35)30(43-21(4)36)33(40-18)46-28-26-24(17-39-31(45-26)23-14-10-7-11-15-23)44-32(37-5)29(28)38-16-22-12-8-6-9-13-22/h6-15,18,24-33H,16-17H2,1-5H3/t18-,24+,25-,26+,27+,28-,29+,30+,31?,32-,33-/m0/s1. The Balaban J connectivity index is 1.50. The summed E-state index contributed by atoms with van der Waals surface area (Å²) in [5.41, 5.74) is 1.68. The first-order valence-electron chi connectivity index (χ1n) is 15.1. The minimum absolute atomic E-state index is 0.148. The number of benzene rings is 2. The predicted octanol–water partition coefficient (Wildman–Crippen LogP) is 2.98. The molecule has 0 bridgehead atoms. The molecule has 3 aliphatic heterocycles. The molecule has 2 aromatic carbocycles. The van der Waals surface area contributed by atoms with E-state index in [-0.39, 0.29) is 13.2 Å². The van der Waals surface area contributed by atoms with Gasteiger partial charge < -0.3 is 47.4 Å². The summed E-state index contributed by atoms with van der Waals surface area (Å²) >= 11 is 0. The third kappa shape index (κ3) is 8.10. The molecule has 5 rings (SSSR count). The van der Waals surface area contributed by atoms with Gasteiger partial charge in [0, 0.05) is 33.4 Å². The average molecular weight is 645 g/mol. The van der Waals surface area contributed by atoms with Crippen LogP contribution in [0.25, 0.3) is 0 Å². The molecule has 0 aromatic heterocycles. The molecule has 250 valence electrons. The molecule has 0 aliphatic carbocycles. The Morgan fingerprint density at radius 3 is 1.96 bits per heavy atom. The Labute approximate surface area is 267 Å². The van der Waals surface area contributed by atoms with E-state index in [1.54, 1.807) is 6.92 Å². The van der Waals surface area contributed by atoms with E-state index in [0.717, 1.165) is 11.1 Å². The molecule has 3 heterocycles. The lowest BCUT2D eigenvalue weighted by molar-refractivity contribution is -0.393. The maximum absolute atomic E-state index is 12.4. The van der Waals surface area contributed by atoms with Gasteiger partial charge in [-0.2, -0.15) is 0 Å². The van der Waals surface area contributed by atoms with E-state index in [4.69, 9.17) is 47.4 Å². The van der Waals surface area contributed by atoms with E-state index in [1.165, 1.54) is 27.9 Å². The van der Waals surface area contributed by atoms with Crippen LogP contribution < -0.4 is 0 Å². The van der Waals surface area contributed by atoms with Crippen molar-refractivity contribution in [1.29, 1.82) is 0 Å². The van der Waals surface area contributed by atoms with Crippen LogP contribution in [0.4, 0.5) is 0 Å². The van der Waals surface area contributed by atoms with Crippen LogP contribution in [0.2, 0.25) is 0 Å². The van der Waals surface area contributed by atoms with Gasteiger partial charge in [-0.3, -0.25) is 14.4 Å². The number of hydrogen-bond acceptors (Lipinski definition) is 13. The fourth-order valence-corrected chi connectivity index (χ4v) is 5.85. The lowest BCUT2D eigenvalue weighted by Crippen LogP contribution is -2.67. The lowest BCUT2D eigenvalue weighted by Gasteiger charge is -2.51. The van der Waals surface area contributed by atoms with Crippen molar-refractivity contribution in [3.8, 4) is 0 Å². The van der Waals surface area contributed by atoms with Crippen molar-refractivity contribution in [3.63, 3.8) is 0 Å². The molecule has 0 saturated carbocycles. The van der Waals surface area contributed by atoms with Gasteiger partial charge in [-0.05, 0) is 12.5 Å². The van der Waals surface area contributed by atoms with Gasteiger partial charge in [0.25, 0.3) is 0 Å². The van der Waals surface area contributed by atoms with Crippen molar-refractivity contribution in [2.24, 2.45) is 0 Å². The van der Waals surface area contributed by atoms with Crippen molar-refractivity contribution in [1.82, 2.24) is 0 Å². The topological polar surface area (TPSA) is 144 Å². The quantitative estimate of drug-likeness (QED) is 0.276. The van der Waals surface area contributed by atoms with Crippen molar-refractivity contribution >= 4 is 17.9 Å². The van der Waals surface area contributed by atoms with Crippen LogP contribution >= 0.6 is 0 Å². The van der Waals surface area contributed by atoms with E-state index in [2.05, 4.69) is 0 Å². The first-order chi connectivity index (χ1) is 22.1. The molecule has 13 nitrogen and oxygen atoms in total. The van der Waals surface area contributed by atoms with Gasteiger partial charge in [0.2, 0.25) is 0 Å². The van der Waals surface area contributed by atoms with E-state index in [9.17, 15) is 14.4 Å². The Morgan fingerprint density at radius 2 is 1.33 bits per heavy atom. The second-order valence-electron chi connectivity index (χ2n) is 11.2. The number of fused-ring (bicyclic) bond motifs is 1. The highest BCUT2D eigenvalue weighted by Crippen LogP contribution is 2.39.